The van der Waals surface area contributed by atoms with Gasteiger partial charge in [0, 0.05) is 39.3 Å². The van der Waals surface area contributed by atoms with E-state index < -0.39 is 10.0 Å². The van der Waals surface area contributed by atoms with Gasteiger partial charge in [-0.1, -0.05) is 12.1 Å². The molecule has 31 heavy (non-hydrogen) atoms. The van der Waals surface area contributed by atoms with E-state index in [1.54, 1.807) is 25.1 Å². The highest BCUT2D eigenvalue weighted by molar-refractivity contribution is 7.92. The molecule has 2 saturated heterocycles. The highest BCUT2D eigenvalue weighted by atomic mass is 32.2. The molecule has 2 aliphatic heterocycles. The second-order valence-electron chi connectivity index (χ2n) is 8.21. The van der Waals surface area contributed by atoms with Gasteiger partial charge in [-0.3, -0.25) is 9.52 Å². The quantitative estimate of drug-likeness (QED) is 0.735. The van der Waals surface area contributed by atoms with Gasteiger partial charge in [-0.15, -0.1) is 0 Å². The lowest BCUT2D eigenvalue weighted by Gasteiger charge is -2.30. The zero-order chi connectivity index (χ0) is 22.0. The summed E-state index contributed by atoms with van der Waals surface area (Å²) in [6, 6.07) is 6.95. The first-order valence-electron chi connectivity index (χ1n) is 10.7. The number of piperazine rings is 1. The molecule has 2 aliphatic rings. The molecule has 2 aromatic rings. The van der Waals surface area contributed by atoms with Crippen molar-refractivity contribution < 1.29 is 13.2 Å². The van der Waals surface area contributed by atoms with Crippen molar-refractivity contribution in [1.82, 2.24) is 15.2 Å². The highest BCUT2D eigenvalue weighted by Gasteiger charge is 2.27. The Balaban J connectivity index is 1.69. The lowest BCUT2D eigenvalue weighted by atomic mass is 10.2. The number of nitrogens with zero attached hydrogens (tertiary/aromatic N) is 3. The molecule has 0 spiro atoms. The fourth-order valence-corrected chi connectivity index (χ4v) is 5.46. The molecular weight excluding hydrogens is 414 g/mol. The van der Waals surface area contributed by atoms with E-state index in [4.69, 9.17) is 0 Å². The highest BCUT2D eigenvalue weighted by Crippen LogP contribution is 2.27. The number of amides is 1. The summed E-state index contributed by atoms with van der Waals surface area (Å²) in [4.78, 5) is 21.9. The monoisotopic (exact) mass is 443 g/mol. The Bertz CT molecular complexity index is 1070. The number of hydrogen-bond donors (Lipinski definition) is 2. The molecule has 0 unspecified atom stereocenters. The van der Waals surface area contributed by atoms with Crippen LogP contribution in [0.5, 0.6) is 0 Å². The average Bonchev–Trinajstić information content (AvgIpc) is 3.30. The summed E-state index contributed by atoms with van der Waals surface area (Å²) in [5.41, 5.74) is 2.27. The predicted molar refractivity (Wildman–Crippen MR) is 121 cm³/mol. The first kappa shape index (κ1) is 21.6. The third-order valence-electron chi connectivity index (χ3n) is 5.79. The maximum atomic E-state index is 13.3. The maximum absolute atomic E-state index is 13.3. The number of rotatable bonds is 5. The molecule has 166 valence electrons. The summed E-state index contributed by atoms with van der Waals surface area (Å²) in [6.45, 7) is 8.20. The van der Waals surface area contributed by atoms with Crippen LogP contribution in [0.15, 0.2) is 35.4 Å². The number of nitrogens with one attached hydrogen (secondary N) is 2. The van der Waals surface area contributed by atoms with Crippen molar-refractivity contribution in [3.63, 3.8) is 0 Å². The standard InChI is InChI=1S/C22H29N5O3S/c1-16-5-6-17(2)20(13-16)31(29,30)25-18-14-19(22(28)27-9-3-4-10-27)21(24-15-18)26-11-7-23-8-12-26/h5-6,13-15,23,25H,3-4,7-12H2,1-2H3. The number of sulfonamides is 1. The zero-order valence-electron chi connectivity index (χ0n) is 18.0. The van der Waals surface area contributed by atoms with E-state index in [1.807, 2.05) is 17.9 Å². The Hall–Kier alpha value is -2.65. The van der Waals surface area contributed by atoms with Gasteiger partial charge in [0.15, 0.2) is 0 Å². The summed E-state index contributed by atoms with van der Waals surface area (Å²) in [6.07, 6.45) is 3.48. The van der Waals surface area contributed by atoms with Crippen molar-refractivity contribution in [2.45, 2.75) is 31.6 Å². The van der Waals surface area contributed by atoms with Crippen LogP contribution in [0, 0.1) is 13.8 Å². The number of pyridine rings is 1. The Kier molecular flexibility index (Phi) is 6.15. The Morgan fingerprint density at radius 3 is 2.48 bits per heavy atom. The largest absolute Gasteiger partial charge is 0.353 e. The molecule has 8 nitrogen and oxygen atoms in total. The molecule has 3 heterocycles. The molecule has 1 aromatic carbocycles. The van der Waals surface area contributed by atoms with Crippen LogP contribution >= 0.6 is 0 Å². The molecule has 0 bridgehead atoms. The molecule has 1 amide bonds. The topological polar surface area (TPSA) is 94.6 Å². The molecule has 0 aliphatic carbocycles. The summed E-state index contributed by atoms with van der Waals surface area (Å²) in [5.74, 6) is 0.527. The second kappa shape index (κ2) is 8.84. The van der Waals surface area contributed by atoms with Crippen LogP contribution in [0.1, 0.15) is 34.3 Å². The van der Waals surface area contributed by atoms with E-state index in [-0.39, 0.29) is 10.8 Å². The van der Waals surface area contributed by atoms with E-state index in [2.05, 4.69) is 19.9 Å². The first-order chi connectivity index (χ1) is 14.8. The molecule has 1 aromatic heterocycles. The van der Waals surface area contributed by atoms with Gasteiger partial charge in [-0.05, 0) is 49.9 Å². The number of aryl methyl sites for hydroxylation is 2. The van der Waals surface area contributed by atoms with Crippen LogP contribution < -0.4 is 14.9 Å². The zero-order valence-corrected chi connectivity index (χ0v) is 18.8. The number of anilines is 2. The Morgan fingerprint density at radius 1 is 1.06 bits per heavy atom. The second-order valence-corrected chi connectivity index (χ2v) is 9.86. The summed E-state index contributed by atoms with van der Waals surface area (Å²) < 4.78 is 28.7. The number of hydrogen-bond acceptors (Lipinski definition) is 6. The van der Waals surface area contributed by atoms with Crippen LogP contribution in [0.3, 0.4) is 0 Å². The molecular formula is C22H29N5O3S. The summed E-state index contributed by atoms with van der Waals surface area (Å²) >= 11 is 0. The van der Waals surface area contributed by atoms with Gasteiger partial charge in [-0.2, -0.15) is 0 Å². The molecule has 0 atom stereocenters. The minimum absolute atomic E-state index is 0.0914. The molecule has 2 fully saturated rings. The average molecular weight is 444 g/mol. The van der Waals surface area contributed by atoms with Crippen molar-refractivity contribution >= 4 is 27.4 Å². The van der Waals surface area contributed by atoms with E-state index in [1.165, 1.54) is 6.20 Å². The lowest BCUT2D eigenvalue weighted by molar-refractivity contribution is 0.0793. The minimum atomic E-state index is -3.80. The smallest absolute Gasteiger partial charge is 0.262 e. The van der Waals surface area contributed by atoms with Gasteiger partial charge in [-0.25, -0.2) is 13.4 Å². The Morgan fingerprint density at radius 2 is 1.77 bits per heavy atom. The molecule has 4 rings (SSSR count). The third kappa shape index (κ3) is 4.67. The van der Waals surface area contributed by atoms with Crippen molar-refractivity contribution in [3.05, 3.63) is 47.2 Å². The van der Waals surface area contributed by atoms with Crippen molar-refractivity contribution in [3.8, 4) is 0 Å². The number of benzene rings is 1. The lowest BCUT2D eigenvalue weighted by Crippen LogP contribution is -2.45. The normalized spacial score (nSPS) is 17.1. The van der Waals surface area contributed by atoms with Crippen molar-refractivity contribution in [1.29, 1.82) is 0 Å². The molecule has 0 radical (unpaired) electrons. The SMILES string of the molecule is Cc1ccc(C)c(S(=O)(=O)Nc2cnc(N3CCNCC3)c(C(=O)N3CCCC3)c2)c1. The molecule has 9 heteroatoms. The van der Waals surface area contributed by atoms with Gasteiger partial charge in [0.2, 0.25) is 0 Å². The van der Waals surface area contributed by atoms with E-state index in [0.717, 1.165) is 57.7 Å². The third-order valence-corrected chi connectivity index (χ3v) is 7.32. The minimum Gasteiger partial charge on any atom is -0.353 e. The summed E-state index contributed by atoms with van der Waals surface area (Å²) in [5, 5.41) is 3.30. The van der Waals surface area contributed by atoms with E-state index in [9.17, 15) is 13.2 Å². The van der Waals surface area contributed by atoms with Crippen LogP contribution in [-0.2, 0) is 10.0 Å². The van der Waals surface area contributed by atoms with Crippen LogP contribution in [-0.4, -0.2) is 63.5 Å². The Labute approximate surface area is 183 Å². The van der Waals surface area contributed by atoms with Crippen molar-refractivity contribution in [2.75, 3.05) is 48.9 Å². The van der Waals surface area contributed by atoms with Crippen LogP contribution in [0.2, 0.25) is 0 Å². The van der Waals surface area contributed by atoms with Crippen molar-refractivity contribution in [2.24, 2.45) is 0 Å². The predicted octanol–water partition coefficient (Wildman–Crippen LogP) is 2.14. The molecule has 2 N–H and O–H groups in total. The maximum Gasteiger partial charge on any atom is 0.262 e. The number of aromatic nitrogens is 1. The van der Waals surface area contributed by atoms with Gasteiger partial charge in [0.25, 0.3) is 15.9 Å². The number of carbonyl (C=O) groups is 1. The van der Waals surface area contributed by atoms with Gasteiger partial charge >= 0.3 is 0 Å². The fraction of sp³-hybridized carbons (Fsp3) is 0.455. The first-order valence-corrected chi connectivity index (χ1v) is 12.2. The fourth-order valence-electron chi connectivity index (χ4n) is 4.10. The van der Waals surface area contributed by atoms with Gasteiger partial charge < -0.3 is 15.1 Å². The summed E-state index contributed by atoms with van der Waals surface area (Å²) in [7, 11) is -3.80. The van der Waals surface area contributed by atoms with Crippen LogP contribution in [0.25, 0.3) is 0 Å². The molecule has 0 saturated carbocycles. The van der Waals surface area contributed by atoms with E-state index >= 15 is 0 Å². The van der Waals surface area contributed by atoms with Gasteiger partial charge in [0.05, 0.1) is 22.3 Å². The van der Waals surface area contributed by atoms with E-state index in [0.29, 0.717) is 22.6 Å². The number of carbonyl (C=O) groups excluding carboxylic acids is 1. The van der Waals surface area contributed by atoms with Crippen LogP contribution in [0.4, 0.5) is 11.5 Å². The van der Waals surface area contributed by atoms with Gasteiger partial charge in [0.1, 0.15) is 5.82 Å². The number of likely N-dealkylation sites (tertiary alicyclic amines) is 1.